The maximum absolute atomic E-state index is 5.77. The fourth-order valence-corrected chi connectivity index (χ4v) is 2.96. The number of nitrogens with zero attached hydrogens (tertiary/aromatic N) is 2. The minimum absolute atomic E-state index is 0.577. The van der Waals surface area contributed by atoms with Gasteiger partial charge in [0.2, 0.25) is 0 Å². The second-order valence-electron chi connectivity index (χ2n) is 2.78. The van der Waals surface area contributed by atoms with E-state index in [4.69, 9.17) is 17.3 Å². The summed E-state index contributed by atoms with van der Waals surface area (Å²) in [5, 5.41) is 0. The number of rotatable bonds is 3. The van der Waals surface area contributed by atoms with Gasteiger partial charge >= 0.3 is 0 Å². The fraction of sp³-hybridized carbons (Fsp3) is 0.111. The second-order valence-corrected chi connectivity index (χ2v) is 5.50. The van der Waals surface area contributed by atoms with Crippen LogP contribution in [0.2, 0.25) is 4.47 Å². The van der Waals surface area contributed by atoms with Crippen LogP contribution in [-0.4, -0.2) is 9.97 Å². The Kier molecular flexibility index (Phi) is 3.45. The first-order valence-electron chi connectivity index (χ1n) is 4.18. The minimum atomic E-state index is 0.577. The quantitative estimate of drug-likeness (QED) is 0.859. The molecule has 2 aromatic rings. The van der Waals surface area contributed by atoms with Crippen molar-refractivity contribution in [3.63, 3.8) is 0 Å². The smallest absolute Gasteiger partial charge is 0.183 e. The molecule has 2 aromatic heterocycles. The standard InChI is InChI=1S/C9H8ClN3S2/c10-9-13-3-6(15-9)5-14-8-1-2-12-4-7(8)11/h1-4H,5,11H2. The zero-order chi connectivity index (χ0) is 10.7. The van der Waals surface area contributed by atoms with Gasteiger partial charge in [-0.25, -0.2) is 4.98 Å². The number of pyridine rings is 1. The lowest BCUT2D eigenvalue weighted by atomic mass is 10.4. The molecule has 15 heavy (non-hydrogen) atoms. The van der Waals surface area contributed by atoms with Crippen molar-refractivity contribution in [1.82, 2.24) is 9.97 Å². The van der Waals surface area contributed by atoms with Crippen LogP contribution in [0.4, 0.5) is 5.69 Å². The zero-order valence-corrected chi connectivity index (χ0v) is 10.1. The van der Waals surface area contributed by atoms with E-state index < -0.39 is 0 Å². The number of thioether (sulfide) groups is 1. The van der Waals surface area contributed by atoms with Crippen LogP contribution in [0.15, 0.2) is 29.6 Å². The van der Waals surface area contributed by atoms with Crippen LogP contribution in [0.25, 0.3) is 0 Å². The van der Waals surface area contributed by atoms with Gasteiger partial charge in [0.1, 0.15) is 0 Å². The Labute approximate surface area is 101 Å². The summed E-state index contributed by atoms with van der Waals surface area (Å²) in [7, 11) is 0. The zero-order valence-electron chi connectivity index (χ0n) is 7.68. The van der Waals surface area contributed by atoms with Crippen molar-refractivity contribution in [1.29, 1.82) is 0 Å². The molecular weight excluding hydrogens is 250 g/mol. The van der Waals surface area contributed by atoms with Crippen molar-refractivity contribution in [2.75, 3.05) is 5.73 Å². The molecule has 0 bridgehead atoms. The van der Waals surface area contributed by atoms with Gasteiger partial charge in [0.05, 0.1) is 11.9 Å². The van der Waals surface area contributed by atoms with Gasteiger partial charge in [0, 0.05) is 27.9 Å². The second kappa shape index (κ2) is 4.83. The van der Waals surface area contributed by atoms with Gasteiger partial charge in [-0.15, -0.1) is 23.1 Å². The molecule has 78 valence electrons. The van der Waals surface area contributed by atoms with E-state index in [-0.39, 0.29) is 0 Å². The molecule has 0 saturated carbocycles. The third kappa shape index (κ3) is 2.84. The summed E-state index contributed by atoms with van der Waals surface area (Å²) >= 11 is 8.89. The number of halogens is 1. The molecule has 0 unspecified atom stereocenters. The number of nitrogens with two attached hydrogens (primary N) is 1. The summed E-state index contributed by atoms with van der Waals surface area (Å²) in [5.41, 5.74) is 6.47. The van der Waals surface area contributed by atoms with Crippen LogP contribution in [-0.2, 0) is 5.75 Å². The highest BCUT2D eigenvalue weighted by Crippen LogP contribution is 2.29. The summed E-state index contributed by atoms with van der Waals surface area (Å²) in [6, 6.07) is 1.91. The summed E-state index contributed by atoms with van der Waals surface area (Å²) in [6.07, 6.45) is 5.18. The SMILES string of the molecule is Nc1cnccc1SCc1cnc(Cl)s1. The summed E-state index contributed by atoms with van der Waals surface area (Å²) in [5.74, 6) is 0.832. The molecule has 0 spiro atoms. The molecule has 0 aromatic carbocycles. The third-order valence-corrected chi connectivity index (χ3v) is 4.14. The van der Waals surface area contributed by atoms with E-state index in [9.17, 15) is 0 Å². The van der Waals surface area contributed by atoms with E-state index >= 15 is 0 Å². The number of aromatic nitrogens is 2. The van der Waals surface area contributed by atoms with E-state index in [0.29, 0.717) is 10.2 Å². The molecule has 0 atom stereocenters. The van der Waals surface area contributed by atoms with Gasteiger partial charge in [-0.2, -0.15) is 0 Å². The molecule has 0 fully saturated rings. The van der Waals surface area contributed by atoms with Crippen LogP contribution < -0.4 is 5.73 Å². The average molecular weight is 258 g/mol. The molecule has 2 N–H and O–H groups in total. The first-order chi connectivity index (χ1) is 7.25. The van der Waals surface area contributed by atoms with E-state index in [1.807, 2.05) is 6.07 Å². The highest BCUT2D eigenvalue weighted by atomic mass is 35.5. The molecular formula is C9H8ClN3S2. The van der Waals surface area contributed by atoms with Gasteiger partial charge in [0.25, 0.3) is 0 Å². The van der Waals surface area contributed by atoms with E-state index in [1.54, 1.807) is 30.4 Å². The molecule has 0 aliphatic rings. The maximum Gasteiger partial charge on any atom is 0.183 e. The summed E-state index contributed by atoms with van der Waals surface area (Å²) < 4.78 is 0.577. The Balaban J connectivity index is 2.02. The van der Waals surface area contributed by atoms with Crippen molar-refractivity contribution in [3.8, 4) is 0 Å². The normalized spacial score (nSPS) is 10.5. The number of nitrogen functional groups attached to an aromatic ring is 1. The van der Waals surface area contributed by atoms with Crippen LogP contribution in [0.1, 0.15) is 4.88 Å². The molecule has 3 nitrogen and oxygen atoms in total. The first-order valence-corrected chi connectivity index (χ1v) is 6.36. The Bertz CT molecular complexity index is 458. The van der Waals surface area contributed by atoms with Crippen LogP contribution >= 0.6 is 34.7 Å². The number of anilines is 1. The van der Waals surface area contributed by atoms with Crippen LogP contribution in [0.5, 0.6) is 0 Å². The Morgan fingerprint density at radius 1 is 1.47 bits per heavy atom. The summed E-state index contributed by atoms with van der Waals surface area (Å²) in [4.78, 5) is 10.1. The number of hydrogen-bond donors (Lipinski definition) is 1. The van der Waals surface area contributed by atoms with Gasteiger partial charge in [-0.1, -0.05) is 11.6 Å². The molecule has 2 rings (SSSR count). The van der Waals surface area contributed by atoms with E-state index in [1.165, 1.54) is 11.3 Å². The average Bonchev–Trinajstić information content (AvgIpc) is 2.63. The van der Waals surface area contributed by atoms with Gasteiger partial charge in [-0.05, 0) is 6.07 Å². The number of hydrogen-bond acceptors (Lipinski definition) is 5. The molecule has 6 heteroatoms. The van der Waals surface area contributed by atoms with Gasteiger partial charge < -0.3 is 5.73 Å². The lowest BCUT2D eigenvalue weighted by molar-refractivity contribution is 1.27. The van der Waals surface area contributed by atoms with Crippen molar-refractivity contribution < 1.29 is 0 Å². The highest BCUT2D eigenvalue weighted by Gasteiger charge is 2.03. The van der Waals surface area contributed by atoms with E-state index in [2.05, 4.69) is 9.97 Å². The molecule has 0 aliphatic heterocycles. The third-order valence-electron chi connectivity index (χ3n) is 1.71. The fourth-order valence-electron chi connectivity index (χ4n) is 1.02. The van der Waals surface area contributed by atoms with E-state index in [0.717, 1.165) is 15.5 Å². The molecule has 0 amide bonds. The lowest BCUT2D eigenvalue weighted by Gasteiger charge is -2.01. The predicted octanol–water partition coefficient (Wildman–Crippen LogP) is 3.07. The number of thiazole rings is 1. The van der Waals surface area contributed by atoms with Crippen LogP contribution in [0, 0.1) is 0 Å². The van der Waals surface area contributed by atoms with Gasteiger partial charge in [0.15, 0.2) is 4.47 Å². The predicted molar refractivity (Wildman–Crippen MR) is 65.3 cm³/mol. The van der Waals surface area contributed by atoms with Crippen molar-refractivity contribution >= 4 is 40.4 Å². The Morgan fingerprint density at radius 2 is 2.33 bits per heavy atom. The Hall–Kier alpha value is -0.780. The van der Waals surface area contributed by atoms with Crippen LogP contribution in [0.3, 0.4) is 0 Å². The highest BCUT2D eigenvalue weighted by molar-refractivity contribution is 7.98. The first kappa shape index (κ1) is 10.7. The summed E-state index contributed by atoms with van der Waals surface area (Å²) in [6.45, 7) is 0. The van der Waals surface area contributed by atoms with Crippen molar-refractivity contribution in [3.05, 3.63) is 34.0 Å². The monoisotopic (exact) mass is 257 g/mol. The lowest BCUT2D eigenvalue weighted by Crippen LogP contribution is -1.89. The van der Waals surface area contributed by atoms with Crippen molar-refractivity contribution in [2.45, 2.75) is 10.6 Å². The molecule has 2 heterocycles. The van der Waals surface area contributed by atoms with Crippen molar-refractivity contribution in [2.24, 2.45) is 0 Å². The Morgan fingerprint density at radius 3 is 3.00 bits per heavy atom. The molecule has 0 saturated heterocycles. The molecule has 0 aliphatic carbocycles. The maximum atomic E-state index is 5.77. The topological polar surface area (TPSA) is 51.8 Å². The largest absolute Gasteiger partial charge is 0.397 e. The van der Waals surface area contributed by atoms with Gasteiger partial charge in [-0.3, -0.25) is 4.98 Å². The molecule has 0 radical (unpaired) electrons. The minimum Gasteiger partial charge on any atom is -0.397 e.